The van der Waals surface area contributed by atoms with Gasteiger partial charge in [0, 0.05) is 0 Å². The molecule has 0 fully saturated rings. The van der Waals surface area contributed by atoms with E-state index in [0.29, 0.717) is 0 Å². The Hall–Kier alpha value is -0.820. The summed E-state index contributed by atoms with van der Waals surface area (Å²) >= 11 is 0. The van der Waals surface area contributed by atoms with Gasteiger partial charge in [0.15, 0.2) is 0 Å². The fourth-order valence-electron chi connectivity index (χ4n) is 2.23. The molecule has 0 radical (unpaired) electrons. The van der Waals surface area contributed by atoms with E-state index in [4.69, 9.17) is 5.73 Å². The van der Waals surface area contributed by atoms with Gasteiger partial charge in [0.1, 0.15) is 0 Å². The zero-order chi connectivity index (χ0) is 15.4. The number of unbranched alkanes of at least 4 members (excludes halogenated alkanes) is 8. The highest BCUT2D eigenvalue weighted by atomic mass is 14.5. The summed E-state index contributed by atoms with van der Waals surface area (Å²) in [5.41, 5.74) is 5.45. The predicted molar refractivity (Wildman–Crippen MR) is 97.6 cm³/mol. The van der Waals surface area contributed by atoms with Gasteiger partial charge in [-0.15, -0.1) is 0 Å². The van der Waals surface area contributed by atoms with Crippen LogP contribution in [0.5, 0.6) is 0 Å². The zero-order valence-corrected chi connectivity index (χ0v) is 14.2. The van der Waals surface area contributed by atoms with Crippen molar-refractivity contribution in [1.82, 2.24) is 0 Å². The van der Waals surface area contributed by atoms with Crippen molar-refractivity contribution >= 4 is 0 Å². The quantitative estimate of drug-likeness (QED) is 0.277. The topological polar surface area (TPSA) is 26.0 Å². The van der Waals surface area contributed by atoms with Gasteiger partial charge in [-0.3, -0.25) is 0 Å². The smallest absolute Gasteiger partial charge is 0.00772 e. The van der Waals surface area contributed by atoms with Crippen LogP contribution in [0.15, 0.2) is 36.5 Å². The third-order valence-corrected chi connectivity index (χ3v) is 3.59. The maximum atomic E-state index is 5.45. The summed E-state index contributed by atoms with van der Waals surface area (Å²) in [5, 5.41) is 0. The van der Waals surface area contributed by atoms with E-state index in [0.717, 1.165) is 25.8 Å². The molecule has 21 heavy (non-hydrogen) atoms. The lowest BCUT2D eigenvalue weighted by atomic mass is 10.1. The Morgan fingerprint density at radius 2 is 1.05 bits per heavy atom. The molecule has 0 bridgehead atoms. The van der Waals surface area contributed by atoms with Gasteiger partial charge >= 0.3 is 0 Å². The lowest BCUT2D eigenvalue weighted by Crippen LogP contribution is -1.96. The Morgan fingerprint density at radius 3 is 1.62 bits per heavy atom. The van der Waals surface area contributed by atoms with Crippen molar-refractivity contribution in [2.75, 3.05) is 6.54 Å². The van der Waals surface area contributed by atoms with Gasteiger partial charge < -0.3 is 5.73 Å². The maximum Gasteiger partial charge on any atom is -0.00772 e. The summed E-state index contributed by atoms with van der Waals surface area (Å²) in [4.78, 5) is 0. The first-order chi connectivity index (χ1) is 10.4. The summed E-state index contributed by atoms with van der Waals surface area (Å²) in [6, 6.07) is 0. The second-order valence-corrected chi connectivity index (χ2v) is 5.73. The van der Waals surface area contributed by atoms with Gasteiger partial charge in [-0.1, -0.05) is 75.5 Å². The van der Waals surface area contributed by atoms with Gasteiger partial charge in [0.2, 0.25) is 0 Å². The molecule has 0 saturated heterocycles. The molecular weight excluding hydrogens is 254 g/mol. The first kappa shape index (κ1) is 20.2. The average molecular weight is 292 g/mol. The number of rotatable bonds is 15. The van der Waals surface area contributed by atoms with Crippen molar-refractivity contribution in [2.24, 2.45) is 5.73 Å². The molecule has 2 N–H and O–H groups in total. The van der Waals surface area contributed by atoms with Gasteiger partial charge in [0.05, 0.1) is 0 Å². The fraction of sp³-hybridized carbons (Fsp3) is 0.700. The first-order valence-electron chi connectivity index (χ1n) is 9.06. The van der Waals surface area contributed by atoms with Crippen molar-refractivity contribution in [3.05, 3.63) is 36.5 Å². The molecule has 0 rings (SSSR count). The van der Waals surface area contributed by atoms with Crippen molar-refractivity contribution in [3.8, 4) is 0 Å². The zero-order valence-electron chi connectivity index (χ0n) is 14.2. The minimum absolute atomic E-state index is 0.818. The van der Waals surface area contributed by atoms with E-state index in [-0.39, 0.29) is 0 Å². The van der Waals surface area contributed by atoms with Crippen LogP contribution in [-0.4, -0.2) is 6.54 Å². The second-order valence-electron chi connectivity index (χ2n) is 5.73. The number of allylic oxidation sites excluding steroid dienone is 6. The molecule has 0 heterocycles. The van der Waals surface area contributed by atoms with Crippen molar-refractivity contribution in [1.29, 1.82) is 0 Å². The summed E-state index contributed by atoms with van der Waals surface area (Å²) in [6.45, 7) is 3.09. The number of hydrogen-bond donors (Lipinski definition) is 1. The van der Waals surface area contributed by atoms with Gasteiger partial charge in [0.25, 0.3) is 0 Å². The van der Waals surface area contributed by atoms with E-state index in [1.807, 2.05) is 0 Å². The molecule has 0 aliphatic rings. The molecule has 0 aromatic rings. The van der Waals surface area contributed by atoms with Gasteiger partial charge in [-0.05, 0) is 51.5 Å². The molecule has 122 valence electrons. The number of nitrogens with two attached hydrogens (primary N) is 1. The third-order valence-electron chi connectivity index (χ3n) is 3.59. The Kier molecular flexibility index (Phi) is 18.4. The molecule has 1 nitrogen and oxygen atoms in total. The highest BCUT2D eigenvalue weighted by molar-refractivity contribution is 4.97. The van der Waals surface area contributed by atoms with Crippen LogP contribution in [0.4, 0.5) is 0 Å². The molecule has 0 amide bonds. The van der Waals surface area contributed by atoms with E-state index < -0.39 is 0 Å². The van der Waals surface area contributed by atoms with E-state index in [1.54, 1.807) is 0 Å². The Bertz CT molecular complexity index is 263. The molecule has 0 atom stereocenters. The van der Waals surface area contributed by atoms with E-state index in [1.165, 1.54) is 57.8 Å². The summed E-state index contributed by atoms with van der Waals surface area (Å²) in [5.74, 6) is 0. The van der Waals surface area contributed by atoms with Gasteiger partial charge in [-0.25, -0.2) is 0 Å². The van der Waals surface area contributed by atoms with Crippen molar-refractivity contribution < 1.29 is 0 Å². The molecule has 0 aromatic heterocycles. The molecule has 0 unspecified atom stereocenters. The van der Waals surface area contributed by atoms with Crippen LogP contribution >= 0.6 is 0 Å². The van der Waals surface area contributed by atoms with Crippen LogP contribution < -0.4 is 5.73 Å². The standard InChI is InChI=1S/C20H37N/c1-2-3-4-5-6-7-8-9-10-11-12-13-14-15-16-17-18-19-20-21/h9-10,12-13,15-16H,2-8,11,14,17-21H2,1H3/b10-9+,13-12+,16-15+. The molecular formula is C20H37N. The van der Waals surface area contributed by atoms with Gasteiger partial charge in [-0.2, -0.15) is 0 Å². The molecule has 0 saturated carbocycles. The van der Waals surface area contributed by atoms with Crippen molar-refractivity contribution in [2.45, 2.75) is 84.0 Å². The number of hydrogen-bond acceptors (Lipinski definition) is 1. The highest BCUT2D eigenvalue weighted by Crippen LogP contribution is 2.07. The Balaban J connectivity index is 3.24. The maximum absolute atomic E-state index is 5.45. The Morgan fingerprint density at radius 1 is 0.571 bits per heavy atom. The van der Waals surface area contributed by atoms with E-state index in [2.05, 4.69) is 43.4 Å². The predicted octanol–water partition coefficient (Wildman–Crippen LogP) is 6.31. The van der Waals surface area contributed by atoms with Crippen LogP contribution in [0.1, 0.15) is 84.0 Å². The molecule has 0 spiro atoms. The monoisotopic (exact) mass is 291 g/mol. The molecule has 0 aromatic carbocycles. The van der Waals surface area contributed by atoms with Crippen LogP contribution in [0, 0.1) is 0 Å². The molecule has 0 aliphatic carbocycles. The minimum Gasteiger partial charge on any atom is -0.330 e. The van der Waals surface area contributed by atoms with Crippen molar-refractivity contribution in [3.63, 3.8) is 0 Å². The lowest BCUT2D eigenvalue weighted by Gasteiger charge is -1.97. The van der Waals surface area contributed by atoms with Crippen LogP contribution in [-0.2, 0) is 0 Å². The van der Waals surface area contributed by atoms with Crippen LogP contribution in [0.25, 0.3) is 0 Å². The Labute approximate surface area is 133 Å². The SMILES string of the molecule is CCCCCCCC/C=C/C/C=C/C/C=C/CCCCN. The minimum atomic E-state index is 0.818. The van der Waals surface area contributed by atoms with E-state index in [9.17, 15) is 0 Å². The van der Waals surface area contributed by atoms with E-state index >= 15 is 0 Å². The average Bonchev–Trinajstić information content (AvgIpc) is 2.50. The molecule has 0 aliphatic heterocycles. The normalized spacial score (nSPS) is 12.3. The fourth-order valence-corrected chi connectivity index (χ4v) is 2.23. The summed E-state index contributed by atoms with van der Waals surface area (Å²) < 4.78 is 0. The highest BCUT2D eigenvalue weighted by Gasteiger charge is 1.87. The van der Waals surface area contributed by atoms with Crippen LogP contribution in [0.3, 0.4) is 0 Å². The molecule has 1 heteroatoms. The third kappa shape index (κ3) is 19.2. The lowest BCUT2D eigenvalue weighted by molar-refractivity contribution is 0.611. The first-order valence-corrected chi connectivity index (χ1v) is 9.06. The largest absolute Gasteiger partial charge is 0.330 e. The van der Waals surface area contributed by atoms with Crippen LogP contribution in [0.2, 0.25) is 0 Å². The second kappa shape index (κ2) is 19.2. The summed E-state index contributed by atoms with van der Waals surface area (Å²) in [6.07, 6.45) is 29.0. The summed E-state index contributed by atoms with van der Waals surface area (Å²) in [7, 11) is 0.